The Kier molecular flexibility index (Phi) is 1.93. The summed E-state index contributed by atoms with van der Waals surface area (Å²) in [5.41, 5.74) is 1.89. The maximum Gasteiger partial charge on any atom is 0.241 e. The van der Waals surface area contributed by atoms with Crippen LogP contribution in [0.5, 0.6) is 0 Å². The summed E-state index contributed by atoms with van der Waals surface area (Å²) in [7, 11) is 1.87. The van der Waals surface area contributed by atoms with E-state index in [4.69, 9.17) is 0 Å². The molecule has 1 amide bonds. The molecule has 1 aliphatic carbocycles. The van der Waals surface area contributed by atoms with Gasteiger partial charge in [-0.1, -0.05) is 30.4 Å². The summed E-state index contributed by atoms with van der Waals surface area (Å²) < 4.78 is 0. The van der Waals surface area contributed by atoms with Crippen LogP contribution in [0.2, 0.25) is 0 Å². The Morgan fingerprint density at radius 2 is 2.12 bits per heavy atom. The van der Waals surface area contributed by atoms with E-state index >= 15 is 0 Å². The Bertz CT molecular complexity index is 477. The summed E-state index contributed by atoms with van der Waals surface area (Å²) in [5.74, 6) is 0.227. The number of allylic oxidation sites excluding steroid dienone is 1. The van der Waals surface area contributed by atoms with Gasteiger partial charge in [-0.15, -0.1) is 0 Å². The van der Waals surface area contributed by atoms with Gasteiger partial charge in [-0.25, -0.2) is 0 Å². The average molecular weight is 213 g/mol. The number of hydrogen-bond donors (Lipinski definition) is 0. The Balaban J connectivity index is 2.24. The number of anilines is 1. The van der Waals surface area contributed by atoms with Crippen LogP contribution in [0, 0.1) is 0 Å². The van der Waals surface area contributed by atoms with Crippen molar-refractivity contribution in [1.29, 1.82) is 0 Å². The Hall–Kier alpha value is -1.57. The van der Waals surface area contributed by atoms with Crippen molar-refractivity contribution in [2.24, 2.45) is 0 Å². The fourth-order valence-electron chi connectivity index (χ4n) is 2.94. The van der Waals surface area contributed by atoms with Crippen LogP contribution in [-0.4, -0.2) is 13.0 Å². The lowest BCUT2D eigenvalue weighted by Crippen LogP contribution is -2.38. The molecule has 1 heterocycles. The average Bonchev–Trinajstić information content (AvgIpc) is 2.55. The summed E-state index contributed by atoms with van der Waals surface area (Å²) in [6.07, 6.45) is 7.41. The number of hydrogen-bond acceptors (Lipinski definition) is 1. The summed E-state index contributed by atoms with van der Waals surface area (Å²) in [6, 6.07) is 8.14. The largest absolute Gasteiger partial charge is 0.314 e. The van der Waals surface area contributed by atoms with Crippen LogP contribution in [0.4, 0.5) is 5.69 Å². The van der Waals surface area contributed by atoms with Crippen molar-refractivity contribution in [3.05, 3.63) is 42.0 Å². The molecule has 16 heavy (non-hydrogen) atoms. The zero-order valence-corrected chi connectivity index (χ0v) is 9.44. The number of nitrogens with zero attached hydrogens (tertiary/aromatic N) is 1. The molecule has 2 aliphatic rings. The van der Waals surface area contributed by atoms with E-state index in [1.165, 1.54) is 5.56 Å². The molecule has 1 aromatic rings. The molecule has 1 aliphatic heterocycles. The molecule has 0 saturated heterocycles. The van der Waals surface area contributed by atoms with E-state index in [2.05, 4.69) is 18.2 Å². The molecule has 1 aromatic carbocycles. The van der Waals surface area contributed by atoms with E-state index < -0.39 is 0 Å². The van der Waals surface area contributed by atoms with Crippen molar-refractivity contribution in [1.82, 2.24) is 0 Å². The first kappa shape index (κ1) is 9.64. The summed E-state index contributed by atoms with van der Waals surface area (Å²) in [4.78, 5) is 14.2. The molecule has 0 saturated carbocycles. The number of carbonyl (C=O) groups is 1. The smallest absolute Gasteiger partial charge is 0.241 e. The maximum atomic E-state index is 12.4. The fourth-order valence-corrected chi connectivity index (χ4v) is 2.94. The van der Waals surface area contributed by atoms with Crippen molar-refractivity contribution in [3.8, 4) is 0 Å². The second-order valence-corrected chi connectivity index (χ2v) is 4.65. The van der Waals surface area contributed by atoms with Gasteiger partial charge in [-0.3, -0.25) is 4.79 Å². The van der Waals surface area contributed by atoms with Gasteiger partial charge >= 0.3 is 0 Å². The van der Waals surface area contributed by atoms with Gasteiger partial charge in [0, 0.05) is 12.7 Å². The molecule has 0 N–H and O–H groups in total. The fraction of sp³-hybridized carbons (Fsp3) is 0.357. The van der Waals surface area contributed by atoms with Gasteiger partial charge in [0.1, 0.15) is 0 Å². The SMILES string of the molecule is CN1C(=O)C2(C=CCCC2)c2ccccc21. The topological polar surface area (TPSA) is 20.3 Å². The quantitative estimate of drug-likeness (QED) is 0.607. The summed E-state index contributed by atoms with van der Waals surface area (Å²) in [6.45, 7) is 0. The van der Waals surface area contributed by atoms with E-state index in [9.17, 15) is 4.79 Å². The highest BCUT2D eigenvalue weighted by Gasteiger charge is 2.47. The molecular weight excluding hydrogens is 198 g/mol. The number of likely N-dealkylation sites (N-methyl/N-ethyl adjacent to an activating group) is 1. The molecule has 2 heteroatoms. The Morgan fingerprint density at radius 1 is 1.31 bits per heavy atom. The van der Waals surface area contributed by atoms with Crippen LogP contribution in [0.1, 0.15) is 24.8 Å². The van der Waals surface area contributed by atoms with Gasteiger partial charge < -0.3 is 4.90 Å². The number of benzene rings is 1. The lowest BCUT2D eigenvalue weighted by atomic mass is 9.74. The molecule has 82 valence electrons. The van der Waals surface area contributed by atoms with Gasteiger partial charge in [0.15, 0.2) is 0 Å². The summed E-state index contributed by atoms with van der Waals surface area (Å²) in [5, 5.41) is 0. The van der Waals surface area contributed by atoms with E-state index in [0.717, 1.165) is 24.9 Å². The van der Waals surface area contributed by atoms with Gasteiger partial charge in [-0.2, -0.15) is 0 Å². The first-order valence-electron chi connectivity index (χ1n) is 5.81. The number of amides is 1. The van der Waals surface area contributed by atoms with Crippen LogP contribution in [0.15, 0.2) is 36.4 Å². The minimum atomic E-state index is -0.358. The Labute approximate surface area is 95.6 Å². The highest BCUT2D eigenvalue weighted by Crippen LogP contribution is 2.46. The minimum absolute atomic E-state index is 0.227. The van der Waals surface area contributed by atoms with Gasteiger partial charge in [0.2, 0.25) is 5.91 Å². The van der Waals surface area contributed by atoms with Crippen LogP contribution < -0.4 is 4.90 Å². The molecule has 0 fully saturated rings. The zero-order chi connectivity index (χ0) is 11.2. The lowest BCUT2D eigenvalue weighted by molar-refractivity contribution is -0.121. The number of carbonyl (C=O) groups excluding carboxylic acids is 1. The predicted molar refractivity (Wildman–Crippen MR) is 64.5 cm³/mol. The third-order valence-corrected chi connectivity index (χ3v) is 3.78. The molecule has 0 aromatic heterocycles. The van der Waals surface area contributed by atoms with Crippen molar-refractivity contribution in [3.63, 3.8) is 0 Å². The first-order chi connectivity index (χ1) is 7.76. The van der Waals surface area contributed by atoms with Gasteiger partial charge in [0.25, 0.3) is 0 Å². The van der Waals surface area contributed by atoms with Crippen molar-refractivity contribution in [2.45, 2.75) is 24.7 Å². The third-order valence-electron chi connectivity index (χ3n) is 3.78. The molecule has 1 atom stereocenters. The lowest BCUT2D eigenvalue weighted by Gasteiger charge is -2.27. The minimum Gasteiger partial charge on any atom is -0.314 e. The van der Waals surface area contributed by atoms with Crippen LogP contribution in [-0.2, 0) is 10.2 Å². The molecule has 1 unspecified atom stereocenters. The predicted octanol–water partition coefficient (Wildman–Crippen LogP) is 2.64. The highest BCUT2D eigenvalue weighted by molar-refractivity contribution is 6.09. The second kappa shape index (κ2) is 3.21. The third kappa shape index (κ3) is 1.04. The highest BCUT2D eigenvalue weighted by atomic mass is 16.2. The number of fused-ring (bicyclic) bond motifs is 2. The van der Waals surface area contributed by atoms with Crippen LogP contribution in [0.3, 0.4) is 0 Å². The van der Waals surface area contributed by atoms with Crippen molar-refractivity contribution in [2.75, 3.05) is 11.9 Å². The normalized spacial score (nSPS) is 27.6. The monoisotopic (exact) mass is 213 g/mol. The first-order valence-corrected chi connectivity index (χ1v) is 5.81. The summed E-state index contributed by atoms with van der Waals surface area (Å²) >= 11 is 0. The molecule has 0 radical (unpaired) electrons. The van der Waals surface area contributed by atoms with E-state index in [-0.39, 0.29) is 11.3 Å². The molecule has 1 spiro atoms. The molecular formula is C14H15NO. The van der Waals surface area contributed by atoms with Crippen LogP contribution >= 0.6 is 0 Å². The van der Waals surface area contributed by atoms with Gasteiger partial charge in [0.05, 0.1) is 5.41 Å². The molecule has 2 nitrogen and oxygen atoms in total. The van der Waals surface area contributed by atoms with E-state index in [1.54, 1.807) is 4.90 Å². The Morgan fingerprint density at radius 3 is 2.88 bits per heavy atom. The second-order valence-electron chi connectivity index (χ2n) is 4.65. The molecule has 3 rings (SSSR count). The van der Waals surface area contributed by atoms with E-state index in [1.807, 2.05) is 25.2 Å². The number of rotatable bonds is 0. The zero-order valence-electron chi connectivity index (χ0n) is 9.44. The van der Waals surface area contributed by atoms with Crippen molar-refractivity contribution >= 4 is 11.6 Å². The maximum absolute atomic E-state index is 12.4. The van der Waals surface area contributed by atoms with Crippen LogP contribution in [0.25, 0.3) is 0 Å². The van der Waals surface area contributed by atoms with E-state index in [0.29, 0.717) is 0 Å². The number of para-hydroxylation sites is 1. The standard InChI is InChI=1S/C14H15NO/c1-15-12-8-4-3-7-11(12)14(13(15)16)9-5-2-6-10-14/h3-5,7-9H,2,6,10H2,1H3. The molecule has 0 bridgehead atoms. The van der Waals surface area contributed by atoms with Crippen molar-refractivity contribution < 1.29 is 4.79 Å². The van der Waals surface area contributed by atoms with Gasteiger partial charge in [-0.05, 0) is 30.9 Å².